The number of thiophene rings is 1. The molecule has 2 unspecified atom stereocenters. The van der Waals surface area contributed by atoms with Gasteiger partial charge in [-0.15, -0.1) is 11.3 Å². The molecule has 2 atom stereocenters. The summed E-state index contributed by atoms with van der Waals surface area (Å²) in [5, 5.41) is 12.9. The lowest BCUT2D eigenvalue weighted by Crippen LogP contribution is -2.44. The molecule has 1 aliphatic rings. The van der Waals surface area contributed by atoms with Crippen molar-refractivity contribution in [3.05, 3.63) is 39.9 Å². The van der Waals surface area contributed by atoms with E-state index in [1.807, 2.05) is 24.3 Å². The summed E-state index contributed by atoms with van der Waals surface area (Å²) in [6, 6.07) is 6.82. The Kier molecular flexibility index (Phi) is 6.09. The first-order chi connectivity index (χ1) is 12.2. The lowest BCUT2D eigenvalue weighted by molar-refractivity contribution is 0.125. The van der Waals surface area contributed by atoms with Crippen LogP contribution in [0.25, 0.3) is 0 Å². The van der Waals surface area contributed by atoms with Gasteiger partial charge in [0.1, 0.15) is 0 Å². The fourth-order valence-electron chi connectivity index (χ4n) is 3.50. The molecule has 0 spiro atoms. The summed E-state index contributed by atoms with van der Waals surface area (Å²) in [6.07, 6.45) is 2.48. The van der Waals surface area contributed by atoms with Gasteiger partial charge in [-0.05, 0) is 50.7 Å². The van der Waals surface area contributed by atoms with Crippen molar-refractivity contribution in [3.8, 4) is 0 Å². The first-order valence-electron chi connectivity index (χ1n) is 8.77. The molecule has 2 aromatic rings. The van der Waals surface area contributed by atoms with Crippen LogP contribution in [0.5, 0.6) is 0 Å². The number of likely N-dealkylation sites (tertiary alicyclic amines) is 1. The van der Waals surface area contributed by atoms with Crippen LogP contribution in [0.4, 0.5) is 0 Å². The number of nitrogens with one attached hydrogen (secondary N) is 2. The van der Waals surface area contributed by atoms with E-state index in [0.29, 0.717) is 18.5 Å². The van der Waals surface area contributed by atoms with Gasteiger partial charge in [0.2, 0.25) is 0 Å². The number of piperidine rings is 1. The van der Waals surface area contributed by atoms with Crippen LogP contribution in [-0.4, -0.2) is 43.2 Å². The van der Waals surface area contributed by atoms with Crippen molar-refractivity contribution in [2.75, 3.05) is 27.2 Å². The molecule has 0 bridgehead atoms. The zero-order valence-electron chi connectivity index (χ0n) is 15.2. The van der Waals surface area contributed by atoms with Gasteiger partial charge in [0.25, 0.3) is 0 Å². The second-order valence-corrected chi connectivity index (χ2v) is 7.56. The summed E-state index contributed by atoms with van der Waals surface area (Å²) < 4.78 is 5.23. The number of guanidine groups is 1. The summed E-state index contributed by atoms with van der Waals surface area (Å²) in [4.78, 5) is 8.26. The third kappa shape index (κ3) is 4.61. The van der Waals surface area contributed by atoms with Crippen molar-refractivity contribution in [2.24, 2.45) is 10.9 Å². The maximum absolute atomic E-state index is 5.23. The molecule has 0 amide bonds. The van der Waals surface area contributed by atoms with E-state index in [1.165, 1.54) is 17.7 Å². The molecule has 1 saturated heterocycles. The molecule has 0 radical (unpaired) electrons. The molecule has 6 nitrogen and oxygen atoms in total. The zero-order chi connectivity index (χ0) is 17.6. The highest BCUT2D eigenvalue weighted by molar-refractivity contribution is 7.10. The number of rotatable bonds is 5. The van der Waals surface area contributed by atoms with Crippen LogP contribution in [0, 0.1) is 12.8 Å². The van der Waals surface area contributed by atoms with Crippen molar-refractivity contribution in [2.45, 2.75) is 32.4 Å². The molecule has 3 rings (SSSR count). The van der Waals surface area contributed by atoms with Gasteiger partial charge < -0.3 is 15.2 Å². The van der Waals surface area contributed by atoms with E-state index in [-0.39, 0.29) is 0 Å². The van der Waals surface area contributed by atoms with E-state index in [2.05, 4.69) is 50.2 Å². The Labute approximate surface area is 153 Å². The summed E-state index contributed by atoms with van der Waals surface area (Å²) in [5.74, 6) is 2.19. The van der Waals surface area contributed by atoms with E-state index < -0.39 is 0 Å². The Morgan fingerprint density at radius 1 is 1.48 bits per heavy atom. The van der Waals surface area contributed by atoms with Crippen LogP contribution in [0.2, 0.25) is 0 Å². The van der Waals surface area contributed by atoms with Crippen molar-refractivity contribution >= 4 is 17.3 Å². The molecule has 7 heteroatoms. The molecule has 136 valence electrons. The van der Waals surface area contributed by atoms with Gasteiger partial charge in [0.05, 0.1) is 12.2 Å². The average molecular weight is 362 g/mol. The van der Waals surface area contributed by atoms with Crippen molar-refractivity contribution in [3.63, 3.8) is 0 Å². The van der Waals surface area contributed by atoms with Crippen LogP contribution >= 0.6 is 11.3 Å². The van der Waals surface area contributed by atoms with Gasteiger partial charge in [-0.25, -0.2) is 0 Å². The Morgan fingerprint density at radius 3 is 3.04 bits per heavy atom. The van der Waals surface area contributed by atoms with Gasteiger partial charge in [-0.2, -0.15) is 0 Å². The van der Waals surface area contributed by atoms with Crippen molar-refractivity contribution in [1.29, 1.82) is 0 Å². The SMILES string of the molecule is CN=C(NCc1cc(C)no1)NCC1CCCN(C)C1c1cccs1. The van der Waals surface area contributed by atoms with Gasteiger partial charge >= 0.3 is 0 Å². The smallest absolute Gasteiger partial charge is 0.191 e. The molecular formula is C18H27N5OS. The quantitative estimate of drug-likeness (QED) is 0.633. The monoisotopic (exact) mass is 361 g/mol. The van der Waals surface area contributed by atoms with E-state index in [1.54, 1.807) is 7.05 Å². The maximum atomic E-state index is 5.23. The summed E-state index contributed by atoms with van der Waals surface area (Å²) in [6.45, 7) is 4.57. The summed E-state index contributed by atoms with van der Waals surface area (Å²) in [7, 11) is 4.03. The number of nitrogens with zero attached hydrogens (tertiary/aromatic N) is 3. The topological polar surface area (TPSA) is 65.7 Å². The molecule has 2 aromatic heterocycles. The van der Waals surface area contributed by atoms with Crippen LogP contribution < -0.4 is 10.6 Å². The van der Waals surface area contributed by atoms with E-state index in [4.69, 9.17) is 4.52 Å². The Morgan fingerprint density at radius 2 is 2.36 bits per heavy atom. The van der Waals surface area contributed by atoms with Gasteiger partial charge in [0.15, 0.2) is 11.7 Å². The predicted molar refractivity (Wildman–Crippen MR) is 102 cm³/mol. The molecule has 0 saturated carbocycles. The zero-order valence-corrected chi connectivity index (χ0v) is 16.0. The Hall–Kier alpha value is -1.86. The van der Waals surface area contributed by atoms with E-state index in [0.717, 1.165) is 30.5 Å². The average Bonchev–Trinajstić information content (AvgIpc) is 3.27. The Balaban J connectivity index is 1.56. The predicted octanol–water partition coefficient (Wildman–Crippen LogP) is 2.79. The second-order valence-electron chi connectivity index (χ2n) is 6.58. The molecular weight excluding hydrogens is 334 g/mol. The number of hydrogen-bond acceptors (Lipinski definition) is 5. The van der Waals surface area contributed by atoms with E-state index >= 15 is 0 Å². The highest BCUT2D eigenvalue weighted by Crippen LogP contribution is 2.36. The summed E-state index contributed by atoms with van der Waals surface area (Å²) in [5.41, 5.74) is 0.892. The normalized spacial score (nSPS) is 22.1. The van der Waals surface area contributed by atoms with Crippen molar-refractivity contribution < 1.29 is 4.52 Å². The minimum Gasteiger partial charge on any atom is -0.359 e. The van der Waals surface area contributed by atoms with Gasteiger partial charge in [-0.1, -0.05) is 11.2 Å². The van der Waals surface area contributed by atoms with E-state index in [9.17, 15) is 0 Å². The van der Waals surface area contributed by atoms with Crippen LogP contribution in [0.15, 0.2) is 33.1 Å². The molecule has 0 aliphatic carbocycles. The molecule has 25 heavy (non-hydrogen) atoms. The minimum atomic E-state index is 0.483. The third-order valence-corrected chi connectivity index (χ3v) is 5.65. The van der Waals surface area contributed by atoms with Crippen LogP contribution in [0.1, 0.15) is 35.2 Å². The third-order valence-electron chi connectivity index (χ3n) is 4.70. The molecule has 0 aromatic carbocycles. The minimum absolute atomic E-state index is 0.483. The lowest BCUT2D eigenvalue weighted by Gasteiger charge is -2.39. The van der Waals surface area contributed by atoms with Gasteiger partial charge in [0, 0.05) is 30.6 Å². The first-order valence-corrected chi connectivity index (χ1v) is 9.65. The molecule has 1 aliphatic heterocycles. The molecule has 2 N–H and O–H groups in total. The fourth-order valence-corrected chi connectivity index (χ4v) is 4.48. The first kappa shape index (κ1) is 17.9. The molecule has 3 heterocycles. The summed E-state index contributed by atoms with van der Waals surface area (Å²) >= 11 is 1.85. The largest absolute Gasteiger partial charge is 0.359 e. The maximum Gasteiger partial charge on any atom is 0.191 e. The Bertz CT molecular complexity index is 681. The standard InChI is InChI=1S/C18H27N5OS/c1-13-10-15(24-22-13)12-21-18(19-2)20-11-14-6-4-8-23(3)17(14)16-7-5-9-25-16/h5,7,9-10,14,17H,4,6,8,11-12H2,1-3H3,(H2,19,20,21). The number of hydrogen-bond donors (Lipinski definition) is 2. The van der Waals surface area contributed by atoms with Crippen LogP contribution in [0.3, 0.4) is 0 Å². The fraction of sp³-hybridized carbons (Fsp3) is 0.556. The van der Waals surface area contributed by atoms with Crippen LogP contribution in [-0.2, 0) is 6.54 Å². The second kappa shape index (κ2) is 8.49. The van der Waals surface area contributed by atoms with Crippen molar-refractivity contribution in [1.82, 2.24) is 20.7 Å². The lowest BCUT2D eigenvalue weighted by atomic mass is 9.88. The number of aromatic nitrogens is 1. The van der Waals surface area contributed by atoms with Gasteiger partial charge in [-0.3, -0.25) is 9.89 Å². The number of aryl methyl sites for hydroxylation is 1. The highest BCUT2D eigenvalue weighted by Gasteiger charge is 2.31. The molecule has 1 fully saturated rings. The number of aliphatic imine (C=N–C) groups is 1. The highest BCUT2D eigenvalue weighted by atomic mass is 32.1.